The number of nitrogens with zero attached hydrogens (tertiary/aromatic N) is 4. The van der Waals surface area contributed by atoms with Gasteiger partial charge < -0.3 is 25.0 Å². The van der Waals surface area contributed by atoms with Gasteiger partial charge in [0.1, 0.15) is 22.7 Å². The molecule has 0 spiro atoms. The number of carbonyl (C=O) groups is 2. The molecule has 218 valence electrons. The maximum Gasteiger partial charge on any atom is 0.256 e. The number of rotatable bonds is 7. The summed E-state index contributed by atoms with van der Waals surface area (Å²) in [7, 11) is 0. The van der Waals surface area contributed by atoms with Crippen molar-refractivity contribution in [2.45, 2.75) is 45.6 Å². The molecule has 2 amide bonds. The molecule has 5 heterocycles. The number of aromatic nitrogens is 4. The zero-order chi connectivity index (χ0) is 29.1. The lowest BCUT2D eigenvalue weighted by molar-refractivity contribution is -0.147. The lowest BCUT2D eigenvalue weighted by Crippen LogP contribution is -2.51. The van der Waals surface area contributed by atoms with Crippen molar-refractivity contribution in [1.29, 1.82) is 0 Å². The minimum atomic E-state index is -0.363. The standard InChI is InChI=1S/C31H35N7O4/c1-20-9-13-32-25(18-20)35-29(39)21-5-7-23(8-6-21)42-24-10-14-33-27-26(24)28(37-36-27)34-22-4-3-15-38(19-22)30(40)31(2)11-16-41-17-12-31/h5-10,13-14,18,22H,3-4,11-12,15-17,19H2,1-2H3,(H,32,35,39)(H2,33,34,36,37)/t22-/m1/s1. The number of ether oxygens (including phenoxy) is 2. The number of hydrogen-bond donors (Lipinski definition) is 3. The number of amides is 2. The second-order valence-electron chi connectivity index (χ2n) is 11.3. The highest BCUT2D eigenvalue weighted by molar-refractivity contribution is 6.03. The quantitative estimate of drug-likeness (QED) is 0.285. The van der Waals surface area contributed by atoms with E-state index in [0.717, 1.165) is 43.2 Å². The van der Waals surface area contributed by atoms with Crippen LogP contribution < -0.4 is 15.4 Å². The van der Waals surface area contributed by atoms with Crippen LogP contribution >= 0.6 is 0 Å². The topological polar surface area (TPSA) is 134 Å². The molecule has 2 aliphatic heterocycles. The Hall–Kier alpha value is -4.51. The Bertz CT molecular complexity index is 1580. The number of carbonyl (C=O) groups excluding carboxylic acids is 2. The minimum absolute atomic E-state index is 0.0476. The Kier molecular flexibility index (Phi) is 7.75. The second kappa shape index (κ2) is 11.8. The van der Waals surface area contributed by atoms with Gasteiger partial charge in [0.25, 0.3) is 5.91 Å². The molecule has 11 nitrogen and oxygen atoms in total. The Morgan fingerprint density at radius 2 is 1.88 bits per heavy atom. The summed E-state index contributed by atoms with van der Waals surface area (Å²) in [6.07, 6.45) is 6.67. The lowest BCUT2D eigenvalue weighted by atomic mass is 9.80. The molecule has 2 aliphatic rings. The molecule has 1 atom stereocenters. The summed E-state index contributed by atoms with van der Waals surface area (Å²) in [5.74, 6) is 2.24. The van der Waals surface area contributed by atoms with Crippen molar-refractivity contribution in [3.63, 3.8) is 0 Å². The van der Waals surface area contributed by atoms with E-state index in [1.807, 2.05) is 24.0 Å². The van der Waals surface area contributed by atoms with Crippen molar-refractivity contribution in [2.75, 3.05) is 36.9 Å². The molecule has 0 aliphatic carbocycles. The van der Waals surface area contributed by atoms with Crippen LogP contribution in [0.1, 0.15) is 48.5 Å². The Morgan fingerprint density at radius 3 is 2.67 bits per heavy atom. The van der Waals surface area contributed by atoms with Gasteiger partial charge in [-0.3, -0.25) is 14.7 Å². The van der Waals surface area contributed by atoms with Crippen molar-refractivity contribution < 1.29 is 19.1 Å². The third-order valence-corrected chi connectivity index (χ3v) is 8.09. The van der Waals surface area contributed by atoms with E-state index in [9.17, 15) is 9.59 Å². The third-order valence-electron chi connectivity index (χ3n) is 8.09. The van der Waals surface area contributed by atoms with E-state index in [2.05, 4.69) is 37.7 Å². The van der Waals surface area contributed by atoms with Gasteiger partial charge in [-0.2, -0.15) is 5.10 Å². The Labute approximate surface area is 244 Å². The van der Waals surface area contributed by atoms with Crippen LogP contribution in [0.2, 0.25) is 0 Å². The first-order chi connectivity index (χ1) is 20.4. The van der Waals surface area contributed by atoms with E-state index < -0.39 is 0 Å². The predicted octanol–water partition coefficient (Wildman–Crippen LogP) is 4.93. The summed E-state index contributed by atoms with van der Waals surface area (Å²) >= 11 is 0. The van der Waals surface area contributed by atoms with Crippen LogP contribution in [-0.4, -0.2) is 69.2 Å². The van der Waals surface area contributed by atoms with Crippen molar-refractivity contribution >= 4 is 34.5 Å². The molecule has 4 aromatic rings. The molecule has 42 heavy (non-hydrogen) atoms. The van der Waals surface area contributed by atoms with E-state index >= 15 is 0 Å². The molecule has 11 heteroatoms. The van der Waals surface area contributed by atoms with Gasteiger partial charge in [-0.1, -0.05) is 6.92 Å². The summed E-state index contributed by atoms with van der Waals surface area (Å²) in [6, 6.07) is 12.4. The molecule has 3 aromatic heterocycles. The molecule has 0 radical (unpaired) electrons. The average molecular weight is 570 g/mol. The van der Waals surface area contributed by atoms with E-state index in [1.165, 1.54) is 0 Å². The summed E-state index contributed by atoms with van der Waals surface area (Å²) in [5.41, 5.74) is 1.73. The fourth-order valence-corrected chi connectivity index (χ4v) is 5.60. The fraction of sp³-hybridized carbons (Fsp3) is 0.387. The van der Waals surface area contributed by atoms with Crippen molar-refractivity contribution in [1.82, 2.24) is 25.1 Å². The fourth-order valence-electron chi connectivity index (χ4n) is 5.60. The van der Waals surface area contributed by atoms with Crippen LogP contribution in [0.25, 0.3) is 11.0 Å². The highest BCUT2D eigenvalue weighted by Gasteiger charge is 2.39. The zero-order valence-corrected chi connectivity index (χ0v) is 23.9. The molecule has 0 bridgehead atoms. The van der Waals surface area contributed by atoms with Gasteiger partial charge in [-0.15, -0.1) is 0 Å². The molecule has 3 N–H and O–H groups in total. The van der Waals surface area contributed by atoms with Gasteiger partial charge in [0.05, 0.1) is 5.41 Å². The number of anilines is 2. The molecule has 2 saturated heterocycles. The van der Waals surface area contributed by atoms with Gasteiger partial charge >= 0.3 is 0 Å². The number of benzene rings is 1. The van der Waals surface area contributed by atoms with Crippen molar-refractivity contribution in [2.24, 2.45) is 5.41 Å². The number of piperidine rings is 1. The minimum Gasteiger partial charge on any atom is -0.456 e. The monoisotopic (exact) mass is 569 g/mol. The van der Waals surface area contributed by atoms with Crippen LogP contribution in [-0.2, 0) is 9.53 Å². The smallest absolute Gasteiger partial charge is 0.256 e. The number of hydrogen-bond acceptors (Lipinski definition) is 8. The maximum absolute atomic E-state index is 13.4. The summed E-state index contributed by atoms with van der Waals surface area (Å²) in [5, 5.41) is 14.6. The zero-order valence-electron chi connectivity index (χ0n) is 23.9. The Balaban J connectivity index is 1.14. The summed E-state index contributed by atoms with van der Waals surface area (Å²) in [4.78, 5) is 36.7. The number of pyridine rings is 2. The molecular weight excluding hydrogens is 534 g/mol. The summed E-state index contributed by atoms with van der Waals surface area (Å²) in [6.45, 7) is 6.65. The molecule has 2 fully saturated rings. The first kappa shape index (κ1) is 27.6. The van der Waals surface area contributed by atoms with Gasteiger partial charge in [-0.05, 0) is 74.6 Å². The highest BCUT2D eigenvalue weighted by Crippen LogP contribution is 2.35. The molecule has 6 rings (SSSR count). The van der Waals surface area contributed by atoms with E-state index in [4.69, 9.17) is 9.47 Å². The van der Waals surface area contributed by atoms with Crippen molar-refractivity contribution in [3.8, 4) is 11.5 Å². The van der Waals surface area contributed by atoms with Gasteiger partial charge in [0, 0.05) is 56.4 Å². The molecule has 1 aromatic carbocycles. The number of likely N-dealkylation sites (tertiary alicyclic amines) is 1. The van der Waals surface area contributed by atoms with Gasteiger partial charge in [0.2, 0.25) is 5.91 Å². The molecule has 0 saturated carbocycles. The van der Waals surface area contributed by atoms with Crippen molar-refractivity contribution in [3.05, 3.63) is 66.0 Å². The average Bonchev–Trinajstić information content (AvgIpc) is 3.41. The number of fused-ring (bicyclic) bond motifs is 1. The van der Waals surface area contributed by atoms with E-state index in [0.29, 0.717) is 54.1 Å². The van der Waals surface area contributed by atoms with Crippen LogP contribution in [0, 0.1) is 12.3 Å². The highest BCUT2D eigenvalue weighted by atomic mass is 16.5. The van der Waals surface area contributed by atoms with Gasteiger partial charge in [-0.25, -0.2) is 9.97 Å². The first-order valence-electron chi connectivity index (χ1n) is 14.4. The normalized spacial score (nSPS) is 18.4. The Morgan fingerprint density at radius 1 is 1.10 bits per heavy atom. The van der Waals surface area contributed by atoms with Crippen LogP contribution in [0.5, 0.6) is 11.5 Å². The first-order valence-corrected chi connectivity index (χ1v) is 14.4. The predicted molar refractivity (Wildman–Crippen MR) is 159 cm³/mol. The van der Waals surface area contributed by atoms with E-state index in [-0.39, 0.29) is 23.3 Å². The number of H-pyrrole nitrogens is 1. The summed E-state index contributed by atoms with van der Waals surface area (Å²) < 4.78 is 11.7. The van der Waals surface area contributed by atoms with Gasteiger partial charge in [0.15, 0.2) is 11.5 Å². The second-order valence-corrected chi connectivity index (χ2v) is 11.3. The van der Waals surface area contributed by atoms with Crippen LogP contribution in [0.3, 0.4) is 0 Å². The number of aromatic amines is 1. The lowest BCUT2D eigenvalue weighted by Gasteiger charge is -2.40. The third kappa shape index (κ3) is 5.91. The number of nitrogens with one attached hydrogen (secondary N) is 3. The molecular formula is C31H35N7O4. The molecule has 0 unspecified atom stereocenters. The number of aryl methyl sites for hydroxylation is 1. The maximum atomic E-state index is 13.4. The SMILES string of the molecule is Cc1ccnc(NC(=O)c2ccc(Oc3ccnc4[nH]nc(N[C@@H]5CCCN(C(=O)C6(C)CCOCC6)C5)c34)cc2)c1. The van der Waals surface area contributed by atoms with Crippen LogP contribution in [0.4, 0.5) is 11.6 Å². The van der Waals surface area contributed by atoms with Crippen LogP contribution in [0.15, 0.2) is 54.9 Å². The van der Waals surface area contributed by atoms with E-state index in [1.54, 1.807) is 42.7 Å². The largest absolute Gasteiger partial charge is 0.456 e.